The van der Waals surface area contributed by atoms with Crippen molar-refractivity contribution in [2.45, 2.75) is 38.1 Å². The minimum absolute atomic E-state index is 0.0573. The van der Waals surface area contributed by atoms with Gasteiger partial charge in [0.05, 0.1) is 12.2 Å². The Morgan fingerprint density at radius 3 is 3.00 bits per heavy atom. The first-order chi connectivity index (χ1) is 11.7. The summed E-state index contributed by atoms with van der Waals surface area (Å²) in [5, 5.41) is 4.23. The van der Waals surface area contributed by atoms with Crippen molar-refractivity contribution in [2.24, 2.45) is 7.05 Å². The quantitative estimate of drug-likeness (QED) is 0.868. The molecule has 5 heteroatoms. The van der Waals surface area contributed by atoms with Crippen molar-refractivity contribution >= 4 is 5.91 Å². The summed E-state index contributed by atoms with van der Waals surface area (Å²) >= 11 is 0. The van der Waals surface area contributed by atoms with Gasteiger partial charge in [0.2, 0.25) is 0 Å². The van der Waals surface area contributed by atoms with Gasteiger partial charge in [-0.1, -0.05) is 6.07 Å². The fourth-order valence-corrected chi connectivity index (χ4v) is 3.89. The lowest BCUT2D eigenvalue weighted by Crippen LogP contribution is -2.34. The molecule has 2 heterocycles. The molecule has 0 unspecified atom stereocenters. The van der Waals surface area contributed by atoms with E-state index in [2.05, 4.69) is 17.2 Å². The van der Waals surface area contributed by atoms with Crippen molar-refractivity contribution in [3.8, 4) is 5.75 Å². The number of benzene rings is 1. The van der Waals surface area contributed by atoms with Crippen LogP contribution < -0.4 is 4.74 Å². The van der Waals surface area contributed by atoms with E-state index in [4.69, 9.17) is 4.74 Å². The first-order valence-electron chi connectivity index (χ1n) is 8.73. The molecule has 2 aliphatic rings. The van der Waals surface area contributed by atoms with Gasteiger partial charge in [-0.25, -0.2) is 0 Å². The van der Waals surface area contributed by atoms with Gasteiger partial charge >= 0.3 is 0 Å². The second-order valence-corrected chi connectivity index (χ2v) is 6.77. The van der Waals surface area contributed by atoms with E-state index in [1.807, 2.05) is 30.4 Å². The molecule has 0 bridgehead atoms. The minimum atomic E-state index is 0.0573. The van der Waals surface area contributed by atoms with Crippen molar-refractivity contribution < 1.29 is 9.53 Å². The third-order valence-electron chi connectivity index (χ3n) is 5.12. The van der Waals surface area contributed by atoms with Gasteiger partial charge in [0.1, 0.15) is 5.75 Å². The molecule has 1 saturated heterocycles. The Bertz CT molecular complexity index is 753. The van der Waals surface area contributed by atoms with Crippen LogP contribution in [-0.4, -0.2) is 33.7 Å². The predicted molar refractivity (Wildman–Crippen MR) is 90.9 cm³/mol. The lowest BCUT2D eigenvalue weighted by atomic mass is 10.1. The van der Waals surface area contributed by atoms with E-state index in [1.54, 1.807) is 4.68 Å². The number of aromatic nitrogens is 2. The Kier molecular flexibility index (Phi) is 4.00. The molecule has 24 heavy (non-hydrogen) atoms. The number of carbonyl (C=O) groups excluding carboxylic acids is 1. The van der Waals surface area contributed by atoms with Crippen molar-refractivity contribution in [1.82, 2.24) is 14.7 Å². The molecule has 1 amide bonds. The Morgan fingerprint density at radius 2 is 2.17 bits per heavy atom. The molecule has 1 aliphatic carbocycles. The summed E-state index contributed by atoms with van der Waals surface area (Å²) in [6.45, 7) is 0.904. The molecule has 0 radical (unpaired) electrons. The van der Waals surface area contributed by atoms with E-state index in [1.165, 1.54) is 17.5 Å². The predicted octanol–water partition coefficient (Wildman–Crippen LogP) is 2.65. The summed E-state index contributed by atoms with van der Waals surface area (Å²) in [5.74, 6) is 0.864. The zero-order valence-corrected chi connectivity index (χ0v) is 14.1. The van der Waals surface area contributed by atoms with E-state index >= 15 is 0 Å². The van der Waals surface area contributed by atoms with Crippen molar-refractivity contribution in [1.29, 1.82) is 0 Å². The van der Waals surface area contributed by atoms with E-state index in [-0.39, 0.29) is 18.6 Å². The molecule has 5 nitrogen and oxygen atoms in total. The fraction of sp³-hybridized carbons (Fsp3) is 0.474. The van der Waals surface area contributed by atoms with E-state index in [0.717, 1.165) is 43.5 Å². The molecule has 0 N–H and O–H groups in total. The second kappa shape index (κ2) is 6.30. The van der Waals surface area contributed by atoms with Crippen LogP contribution in [0.5, 0.6) is 5.75 Å². The summed E-state index contributed by atoms with van der Waals surface area (Å²) in [5.41, 5.74) is 3.90. The summed E-state index contributed by atoms with van der Waals surface area (Å²) in [6.07, 6.45) is 9.39. The van der Waals surface area contributed by atoms with Crippen LogP contribution in [0.25, 0.3) is 0 Å². The smallest absolute Gasteiger partial charge is 0.261 e. The van der Waals surface area contributed by atoms with E-state index in [9.17, 15) is 4.79 Å². The van der Waals surface area contributed by atoms with Gasteiger partial charge < -0.3 is 9.64 Å². The minimum Gasteiger partial charge on any atom is -0.484 e. The number of aryl methyl sites for hydroxylation is 3. The van der Waals surface area contributed by atoms with Crippen LogP contribution in [0.1, 0.15) is 42.0 Å². The maximum absolute atomic E-state index is 12.6. The first-order valence-corrected chi connectivity index (χ1v) is 8.73. The van der Waals surface area contributed by atoms with Crippen LogP contribution in [0, 0.1) is 0 Å². The number of rotatable bonds is 4. The van der Waals surface area contributed by atoms with E-state index in [0.29, 0.717) is 0 Å². The lowest BCUT2D eigenvalue weighted by Gasteiger charge is -2.24. The first kappa shape index (κ1) is 15.2. The molecule has 0 spiro atoms. The fourth-order valence-electron chi connectivity index (χ4n) is 3.89. The molecule has 0 saturated carbocycles. The third-order valence-corrected chi connectivity index (χ3v) is 5.12. The molecule has 1 atom stereocenters. The van der Waals surface area contributed by atoms with Crippen LogP contribution in [-0.2, 0) is 24.7 Å². The lowest BCUT2D eigenvalue weighted by molar-refractivity contribution is -0.134. The summed E-state index contributed by atoms with van der Waals surface area (Å²) in [6, 6.07) is 6.35. The van der Waals surface area contributed by atoms with Crippen LogP contribution >= 0.6 is 0 Å². The van der Waals surface area contributed by atoms with Crippen molar-refractivity contribution in [3.05, 3.63) is 47.3 Å². The normalized spacial score (nSPS) is 19.5. The van der Waals surface area contributed by atoms with Crippen LogP contribution in [0.3, 0.4) is 0 Å². The highest BCUT2D eigenvalue weighted by molar-refractivity contribution is 5.78. The molecule has 4 rings (SSSR count). The van der Waals surface area contributed by atoms with Gasteiger partial charge in [-0.05, 0) is 55.4 Å². The zero-order valence-electron chi connectivity index (χ0n) is 14.1. The highest BCUT2D eigenvalue weighted by Crippen LogP contribution is 2.32. The standard InChI is InChI=1S/C19H23N3O2/c1-21-12-16(11-20-21)18-6-3-9-22(18)19(23)13-24-17-8-7-14-4-2-5-15(14)10-17/h7-8,10-12,18H,2-6,9,13H2,1H3/t18-/m0/s1. The number of carbonyl (C=O) groups is 1. The number of nitrogens with zero attached hydrogens (tertiary/aromatic N) is 3. The molecular formula is C19H23N3O2. The molecule has 1 aliphatic heterocycles. The van der Waals surface area contributed by atoms with Crippen LogP contribution in [0.4, 0.5) is 0 Å². The molecule has 1 aromatic carbocycles. The maximum atomic E-state index is 12.6. The summed E-state index contributed by atoms with van der Waals surface area (Å²) in [7, 11) is 1.90. The SMILES string of the molecule is Cn1cc([C@@H]2CCCN2C(=O)COc2ccc3c(c2)CCC3)cn1. The monoisotopic (exact) mass is 325 g/mol. The topological polar surface area (TPSA) is 47.4 Å². The Balaban J connectivity index is 1.40. The largest absolute Gasteiger partial charge is 0.484 e. The Labute approximate surface area is 142 Å². The van der Waals surface area contributed by atoms with Crippen molar-refractivity contribution in [2.75, 3.05) is 13.2 Å². The molecule has 1 fully saturated rings. The van der Waals surface area contributed by atoms with Crippen LogP contribution in [0.2, 0.25) is 0 Å². The maximum Gasteiger partial charge on any atom is 0.261 e. The van der Waals surface area contributed by atoms with Gasteiger partial charge in [-0.3, -0.25) is 9.48 Å². The van der Waals surface area contributed by atoms with Gasteiger partial charge in [-0.15, -0.1) is 0 Å². The Hall–Kier alpha value is -2.30. The average molecular weight is 325 g/mol. The van der Waals surface area contributed by atoms with Gasteiger partial charge in [0.15, 0.2) is 6.61 Å². The van der Waals surface area contributed by atoms with Gasteiger partial charge in [0, 0.05) is 25.4 Å². The number of fused-ring (bicyclic) bond motifs is 1. The summed E-state index contributed by atoms with van der Waals surface area (Å²) in [4.78, 5) is 14.6. The second-order valence-electron chi connectivity index (χ2n) is 6.77. The van der Waals surface area contributed by atoms with Gasteiger partial charge in [-0.2, -0.15) is 5.10 Å². The molecule has 1 aromatic heterocycles. The third kappa shape index (κ3) is 2.90. The number of amides is 1. The van der Waals surface area contributed by atoms with Crippen molar-refractivity contribution in [3.63, 3.8) is 0 Å². The molecular weight excluding hydrogens is 302 g/mol. The highest BCUT2D eigenvalue weighted by atomic mass is 16.5. The number of ether oxygens (including phenoxy) is 1. The average Bonchev–Trinajstić information content (AvgIpc) is 3.31. The zero-order chi connectivity index (χ0) is 16.5. The summed E-state index contributed by atoms with van der Waals surface area (Å²) < 4.78 is 7.57. The number of hydrogen-bond acceptors (Lipinski definition) is 3. The Morgan fingerprint density at radius 1 is 1.29 bits per heavy atom. The highest BCUT2D eigenvalue weighted by Gasteiger charge is 2.30. The van der Waals surface area contributed by atoms with Gasteiger partial charge in [0.25, 0.3) is 5.91 Å². The molecule has 2 aromatic rings. The number of likely N-dealkylation sites (tertiary alicyclic amines) is 1. The van der Waals surface area contributed by atoms with E-state index < -0.39 is 0 Å². The molecule has 126 valence electrons. The number of hydrogen-bond donors (Lipinski definition) is 0. The van der Waals surface area contributed by atoms with Crippen LogP contribution in [0.15, 0.2) is 30.6 Å².